The number of aliphatic hydroxyl groups excluding tert-OH is 1. The lowest BCUT2D eigenvalue weighted by atomic mass is 10.2. The highest BCUT2D eigenvalue weighted by molar-refractivity contribution is 5.67. The number of aromatic nitrogens is 3. The van der Waals surface area contributed by atoms with Gasteiger partial charge in [0.05, 0.1) is 12.3 Å². The Bertz CT molecular complexity index is 940. The van der Waals surface area contributed by atoms with Crippen LogP contribution >= 0.6 is 0 Å². The van der Waals surface area contributed by atoms with Gasteiger partial charge in [-0.1, -0.05) is 0 Å². The first kappa shape index (κ1) is 18.6. The molecule has 2 heterocycles. The lowest BCUT2D eigenvalue weighted by Crippen LogP contribution is -2.21. The summed E-state index contributed by atoms with van der Waals surface area (Å²) in [6.07, 6.45) is 3.14. The molecule has 1 atom stereocenters. The molecule has 0 aliphatic rings. The van der Waals surface area contributed by atoms with E-state index in [1.54, 1.807) is 31.5 Å². The van der Waals surface area contributed by atoms with Crippen molar-refractivity contribution >= 4 is 17.5 Å². The summed E-state index contributed by atoms with van der Waals surface area (Å²) in [7, 11) is 0. The van der Waals surface area contributed by atoms with E-state index in [1.807, 2.05) is 0 Å². The number of hydrogen-bond donors (Lipinski definition) is 3. The van der Waals surface area contributed by atoms with Crippen LogP contribution in [0.2, 0.25) is 0 Å². The van der Waals surface area contributed by atoms with Crippen molar-refractivity contribution in [3.63, 3.8) is 0 Å². The molecule has 6 nitrogen and oxygen atoms in total. The van der Waals surface area contributed by atoms with E-state index in [9.17, 15) is 18.3 Å². The Balaban J connectivity index is 2.04. The maximum Gasteiger partial charge on any atom is 0.225 e. The fraction of sp³-hybridized carbons (Fsp3) is 0.167. The lowest BCUT2D eigenvalue weighted by molar-refractivity contribution is 0.281. The Labute approximate surface area is 153 Å². The fourth-order valence-electron chi connectivity index (χ4n) is 2.28. The van der Waals surface area contributed by atoms with Crippen LogP contribution in [0.15, 0.2) is 42.7 Å². The van der Waals surface area contributed by atoms with E-state index in [0.717, 1.165) is 6.07 Å². The SMILES string of the molecule is C[C@H](CO)Nc1nc(Nc2c(F)ccc(F)c2F)cc(-c2ccncc2)n1. The first-order valence-electron chi connectivity index (χ1n) is 8.05. The quantitative estimate of drug-likeness (QED) is 0.572. The van der Waals surface area contributed by atoms with Crippen molar-refractivity contribution in [2.75, 3.05) is 17.2 Å². The molecule has 3 rings (SSSR count). The van der Waals surface area contributed by atoms with E-state index >= 15 is 0 Å². The summed E-state index contributed by atoms with van der Waals surface area (Å²) in [6.45, 7) is 1.54. The molecule has 3 N–H and O–H groups in total. The molecule has 0 aliphatic heterocycles. The van der Waals surface area contributed by atoms with Gasteiger partial charge in [0.1, 0.15) is 17.3 Å². The molecule has 0 saturated heterocycles. The average Bonchev–Trinajstić information content (AvgIpc) is 2.68. The number of nitrogens with zero attached hydrogens (tertiary/aromatic N) is 3. The van der Waals surface area contributed by atoms with E-state index < -0.39 is 23.1 Å². The van der Waals surface area contributed by atoms with Crippen molar-refractivity contribution in [2.24, 2.45) is 0 Å². The predicted octanol–water partition coefficient (Wildman–Crippen LogP) is 3.49. The normalized spacial score (nSPS) is 11.9. The summed E-state index contributed by atoms with van der Waals surface area (Å²) >= 11 is 0. The molecule has 0 amide bonds. The highest BCUT2D eigenvalue weighted by atomic mass is 19.2. The van der Waals surface area contributed by atoms with Crippen molar-refractivity contribution in [3.8, 4) is 11.3 Å². The Hall–Kier alpha value is -3.20. The standard InChI is InChI=1S/C18H16F3N5O/c1-10(9-27)23-18-24-14(11-4-6-22-7-5-11)8-15(26-18)25-17-13(20)3-2-12(19)16(17)21/h2-8,10,27H,9H2,1H3,(H2,23,24,25,26)/t10-/m1/s1. The van der Waals surface area contributed by atoms with Gasteiger partial charge < -0.3 is 15.7 Å². The second-order valence-corrected chi connectivity index (χ2v) is 5.77. The lowest BCUT2D eigenvalue weighted by Gasteiger charge is -2.15. The van der Waals surface area contributed by atoms with Gasteiger partial charge >= 0.3 is 0 Å². The Morgan fingerprint density at radius 2 is 1.74 bits per heavy atom. The van der Waals surface area contributed by atoms with E-state index in [4.69, 9.17) is 0 Å². The highest BCUT2D eigenvalue weighted by Gasteiger charge is 2.16. The first-order valence-corrected chi connectivity index (χ1v) is 8.05. The minimum Gasteiger partial charge on any atom is -0.394 e. The molecule has 3 aromatic rings. The molecule has 1 aromatic carbocycles. The van der Waals surface area contributed by atoms with Crippen LogP contribution in [0.5, 0.6) is 0 Å². The van der Waals surface area contributed by atoms with Crippen LogP contribution in [-0.2, 0) is 0 Å². The third-order valence-corrected chi connectivity index (χ3v) is 3.65. The molecule has 140 valence electrons. The Morgan fingerprint density at radius 1 is 1.04 bits per heavy atom. The molecule has 0 radical (unpaired) electrons. The summed E-state index contributed by atoms with van der Waals surface area (Å²) in [6, 6.07) is 6.04. The molecular weight excluding hydrogens is 359 g/mol. The van der Waals surface area contributed by atoms with Gasteiger partial charge in [-0.25, -0.2) is 18.2 Å². The molecule has 9 heteroatoms. The van der Waals surface area contributed by atoms with Gasteiger partial charge in [0.15, 0.2) is 11.6 Å². The number of halogens is 3. The number of nitrogens with one attached hydrogen (secondary N) is 2. The number of anilines is 3. The van der Waals surface area contributed by atoms with Gasteiger partial charge in [-0.05, 0) is 31.2 Å². The third-order valence-electron chi connectivity index (χ3n) is 3.65. The van der Waals surface area contributed by atoms with Gasteiger partial charge in [0.2, 0.25) is 5.95 Å². The first-order chi connectivity index (χ1) is 13.0. The second-order valence-electron chi connectivity index (χ2n) is 5.77. The molecule has 2 aromatic heterocycles. The predicted molar refractivity (Wildman–Crippen MR) is 95.0 cm³/mol. The minimum atomic E-state index is -1.35. The van der Waals surface area contributed by atoms with Crippen LogP contribution in [0.3, 0.4) is 0 Å². The van der Waals surface area contributed by atoms with Crippen molar-refractivity contribution < 1.29 is 18.3 Å². The maximum atomic E-state index is 14.0. The number of hydrogen-bond acceptors (Lipinski definition) is 6. The summed E-state index contributed by atoms with van der Waals surface area (Å²) in [5, 5.41) is 14.6. The number of aliphatic hydroxyl groups is 1. The van der Waals surface area contributed by atoms with Gasteiger partial charge in [0, 0.05) is 30.1 Å². The minimum absolute atomic E-state index is 0.0489. The summed E-state index contributed by atoms with van der Waals surface area (Å²) in [5.74, 6) is -3.32. The highest BCUT2D eigenvalue weighted by Crippen LogP contribution is 2.27. The van der Waals surface area contributed by atoms with Gasteiger partial charge in [0.25, 0.3) is 0 Å². The maximum absolute atomic E-state index is 14.0. The van der Waals surface area contributed by atoms with Crippen molar-refractivity contribution in [1.29, 1.82) is 0 Å². The zero-order valence-corrected chi connectivity index (χ0v) is 14.2. The molecule has 0 saturated carbocycles. The van der Waals surface area contributed by atoms with Crippen LogP contribution in [-0.4, -0.2) is 32.7 Å². The monoisotopic (exact) mass is 375 g/mol. The van der Waals surface area contributed by atoms with E-state index in [1.165, 1.54) is 6.07 Å². The molecular formula is C18H16F3N5O. The smallest absolute Gasteiger partial charge is 0.225 e. The van der Waals surface area contributed by atoms with Gasteiger partial charge in [-0.15, -0.1) is 0 Å². The third kappa shape index (κ3) is 4.32. The van der Waals surface area contributed by atoms with Crippen molar-refractivity contribution in [1.82, 2.24) is 15.0 Å². The zero-order chi connectivity index (χ0) is 19.4. The second kappa shape index (κ2) is 8.00. The largest absolute Gasteiger partial charge is 0.394 e. The molecule has 27 heavy (non-hydrogen) atoms. The van der Waals surface area contributed by atoms with E-state index in [-0.39, 0.29) is 24.4 Å². The van der Waals surface area contributed by atoms with Crippen LogP contribution < -0.4 is 10.6 Å². The molecule has 0 bridgehead atoms. The summed E-state index contributed by atoms with van der Waals surface area (Å²) < 4.78 is 41.3. The zero-order valence-electron chi connectivity index (χ0n) is 14.2. The van der Waals surface area contributed by atoms with Crippen LogP contribution in [0.4, 0.5) is 30.6 Å². The van der Waals surface area contributed by atoms with Crippen molar-refractivity contribution in [3.05, 3.63) is 60.2 Å². The Morgan fingerprint density at radius 3 is 2.44 bits per heavy atom. The Kier molecular flexibility index (Phi) is 5.51. The van der Waals surface area contributed by atoms with Crippen LogP contribution in [0, 0.1) is 17.5 Å². The topological polar surface area (TPSA) is 83.0 Å². The van der Waals surface area contributed by atoms with Crippen LogP contribution in [0.25, 0.3) is 11.3 Å². The molecule has 0 spiro atoms. The summed E-state index contributed by atoms with van der Waals surface area (Å²) in [4.78, 5) is 12.4. The van der Waals surface area contributed by atoms with Crippen molar-refractivity contribution in [2.45, 2.75) is 13.0 Å². The van der Waals surface area contributed by atoms with Gasteiger partial charge in [-0.2, -0.15) is 4.98 Å². The van der Waals surface area contributed by atoms with E-state index in [2.05, 4.69) is 25.6 Å². The van der Waals surface area contributed by atoms with Crippen LogP contribution in [0.1, 0.15) is 6.92 Å². The fourth-order valence-corrected chi connectivity index (χ4v) is 2.28. The number of benzene rings is 1. The molecule has 0 unspecified atom stereocenters. The molecule has 0 aliphatic carbocycles. The summed E-state index contributed by atoms with van der Waals surface area (Å²) in [5.41, 5.74) is 0.477. The molecule has 0 fully saturated rings. The number of rotatable bonds is 6. The van der Waals surface area contributed by atoms with E-state index in [0.29, 0.717) is 17.3 Å². The number of pyridine rings is 1. The average molecular weight is 375 g/mol. The van der Waals surface area contributed by atoms with Gasteiger partial charge in [-0.3, -0.25) is 4.98 Å².